The van der Waals surface area contributed by atoms with Crippen molar-refractivity contribution in [3.63, 3.8) is 0 Å². The average Bonchev–Trinajstić information content (AvgIpc) is 2.62. The highest BCUT2D eigenvalue weighted by atomic mass is 79.9. The zero-order valence-corrected chi connectivity index (χ0v) is 16.7. The highest BCUT2D eigenvalue weighted by Crippen LogP contribution is 2.10. The van der Waals surface area contributed by atoms with Crippen molar-refractivity contribution < 1.29 is 9.59 Å². The van der Waals surface area contributed by atoms with Crippen molar-refractivity contribution in [1.82, 2.24) is 14.4 Å². The molecule has 0 radical (unpaired) electrons. The minimum Gasteiger partial charge on any atom is -0.345 e. The predicted molar refractivity (Wildman–Crippen MR) is 104 cm³/mol. The molecule has 2 aromatic rings. The van der Waals surface area contributed by atoms with Crippen LogP contribution in [-0.4, -0.2) is 46.8 Å². The molecule has 2 amide bonds. The Kier molecular flexibility index (Phi) is 6.74. The van der Waals surface area contributed by atoms with Crippen LogP contribution in [0.5, 0.6) is 0 Å². The van der Waals surface area contributed by atoms with E-state index in [1.54, 1.807) is 43.4 Å². The molecule has 1 aromatic carbocycles. The van der Waals surface area contributed by atoms with Crippen molar-refractivity contribution in [3.8, 4) is 0 Å². The van der Waals surface area contributed by atoms with Gasteiger partial charge in [-0.25, -0.2) is 0 Å². The van der Waals surface area contributed by atoms with Crippen LogP contribution in [0.2, 0.25) is 0 Å². The maximum Gasteiger partial charge on any atom is 0.253 e. The molecule has 0 saturated carbocycles. The Morgan fingerprint density at radius 3 is 2.31 bits per heavy atom. The van der Waals surface area contributed by atoms with Gasteiger partial charge in [-0.3, -0.25) is 14.4 Å². The van der Waals surface area contributed by atoms with E-state index in [9.17, 15) is 14.4 Å². The van der Waals surface area contributed by atoms with Gasteiger partial charge in [0.05, 0.1) is 0 Å². The van der Waals surface area contributed by atoms with Crippen LogP contribution < -0.4 is 5.56 Å². The fraction of sp³-hybridized carbons (Fsp3) is 0.316. The third kappa shape index (κ3) is 5.05. The number of benzene rings is 1. The molecule has 0 fully saturated rings. The second kappa shape index (κ2) is 8.80. The fourth-order valence-corrected chi connectivity index (χ4v) is 2.86. The van der Waals surface area contributed by atoms with Gasteiger partial charge in [0.15, 0.2) is 0 Å². The molecule has 0 aliphatic carbocycles. The van der Waals surface area contributed by atoms with Gasteiger partial charge >= 0.3 is 0 Å². The molecule has 7 heteroatoms. The smallest absolute Gasteiger partial charge is 0.253 e. The molecule has 0 N–H and O–H groups in total. The molecule has 1 heterocycles. The van der Waals surface area contributed by atoms with Gasteiger partial charge in [-0.15, -0.1) is 0 Å². The van der Waals surface area contributed by atoms with Gasteiger partial charge in [0.2, 0.25) is 5.91 Å². The summed E-state index contributed by atoms with van der Waals surface area (Å²) in [6.45, 7) is 2.84. The second-order valence-corrected chi connectivity index (χ2v) is 7.03. The Morgan fingerprint density at radius 1 is 1.08 bits per heavy atom. The highest BCUT2D eigenvalue weighted by Gasteiger charge is 2.14. The maximum absolute atomic E-state index is 12.6. The largest absolute Gasteiger partial charge is 0.345 e. The Labute approximate surface area is 161 Å². The first kappa shape index (κ1) is 19.9. The Hall–Kier alpha value is -2.41. The first-order valence-corrected chi connectivity index (χ1v) is 9.05. The molecule has 26 heavy (non-hydrogen) atoms. The minimum absolute atomic E-state index is 0.0106. The number of amides is 2. The summed E-state index contributed by atoms with van der Waals surface area (Å²) in [5.41, 5.74) is 1.31. The van der Waals surface area contributed by atoms with Crippen molar-refractivity contribution in [2.45, 2.75) is 20.0 Å². The number of likely N-dealkylation sites (N-methyl/N-ethyl adjacent to an activating group) is 1. The number of carbonyl (C=O) groups is 2. The van der Waals surface area contributed by atoms with E-state index in [2.05, 4.69) is 15.9 Å². The minimum atomic E-state index is -0.218. The number of halogens is 1. The van der Waals surface area contributed by atoms with Gasteiger partial charge in [0.25, 0.3) is 11.5 Å². The van der Waals surface area contributed by atoms with Gasteiger partial charge in [0, 0.05) is 49.5 Å². The maximum atomic E-state index is 12.6. The molecule has 1 aromatic heterocycles. The number of carbonyl (C=O) groups excluding carboxylic acids is 2. The number of aromatic nitrogens is 1. The van der Waals surface area contributed by atoms with Crippen LogP contribution in [0, 0.1) is 0 Å². The average molecular weight is 420 g/mol. The molecule has 0 aliphatic rings. The van der Waals surface area contributed by atoms with Gasteiger partial charge < -0.3 is 14.4 Å². The molecule has 0 aliphatic heterocycles. The van der Waals surface area contributed by atoms with Gasteiger partial charge in [-0.2, -0.15) is 0 Å². The Morgan fingerprint density at radius 2 is 1.73 bits per heavy atom. The number of hydrogen-bond acceptors (Lipinski definition) is 3. The quantitative estimate of drug-likeness (QED) is 0.721. The second-order valence-electron chi connectivity index (χ2n) is 6.12. The summed E-state index contributed by atoms with van der Waals surface area (Å²) in [5.74, 6) is -0.199. The number of hydrogen-bond donors (Lipinski definition) is 0. The lowest BCUT2D eigenvalue weighted by Crippen LogP contribution is -2.35. The lowest BCUT2D eigenvalue weighted by molar-refractivity contribution is -0.132. The molecule has 0 spiro atoms. The topological polar surface area (TPSA) is 62.6 Å². The predicted octanol–water partition coefficient (Wildman–Crippen LogP) is 2.36. The first-order valence-electron chi connectivity index (χ1n) is 8.26. The van der Waals surface area contributed by atoms with Crippen molar-refractivity contribution in [2.75, 3.05) is 20.6 Å². The molecule has 0 bridgehead atoms. The van der Waals surface area contributed by atoms with E-state index in [0.29, 0.717) is 18.7 Å². The van der Waals surface area contributed by atoms with Gasteiger partial charge in [0.1, 0.15) is 6.54 Å². The first-order chi connectivity index (χ1) is 12.3. The molecule has 0 saturated heterocycles. The number of nitrogens with zero attached hydrogens (tertiary/aromatic N) is 3. The van der Waals surface area contributed by atoms with Crippen molar-refractivity contribution in [3.05, 3.63) is 68.5 Å². The standard InChI is InChI=1S/C19H22BrN3O3/c1-4-22(18(25)13-23-12-16(20)9-10-17(23)24)11-14-5-7-15(8-6-14)19(26)21(2)3/h5-10,12H,4,11,13H2,1-3H3. The summed E-state index contributed by atoms with van der Waals surface area (Å²) in [6, 6.07) is 10.3. The van der Waals surface area contributed by atoms with E-state index in [-0.39, 0.29) is 23.9 Å². The van der Waals surface area contributed by atoms with Crippen LogP contribution in [0.4, 0.5) is 0 Å². The summed E-state index contributed by atoms with van der Waals surface area (Å²) in [6.07, 6.45) is 1.61. The SMILES string of the molecule is CCN(Cc1ccc(C(=O)N(C)C)cc1)C(=O)Cn1cc(Br)ccc1=O. The molecule has 0 unspecified atom stereocenters. The zero-order chi connectivity index (χ0) is 19.3. The third-order valence-electron chi connectivity index (χ3n) is 3.97. The van der Waals surface area contributed by atoms with E-state index >= 15 is 0 Å². The van der Waals surface area contributed by atoms with Crippen LogP contribution >= 0.6 is 15.9 Å². The molecule has 0 atom stereocenters. The normalized spacial score (nSPS) is 10.5. The lowest BCUT2D eigenvalue weighted by Gasteiger charge is -2.22. The molecular formula is C19H22BrN3O3. The number of rotatable bonds is 6. The molecule has 6 nitrogen and oxygen atoms in total. The molecular weight excluding hydrogens is 398 g/mol. The van der Waals surface area contributed by atoms with Gasteiger partial charge in [-0.1, -0.05) is 12.1 Å². The van der Waals surface area contributed by atoms with Crippen LogP contribution in [0.15, 0.2) is 51.9 Å². The van der Waals surface area contributed by atoms with E-state index in [1.807, 2.05) is 19.1 Å². The fourth-order valence-electron chi connectivity index (χ4n) is 2.48. The van der Waals surface area contributed by atoms with Crippen molar-refractivity contribution in [2.24, 2.45) is 0 Å². The molecule has 2 rings (SSSR count). The highest BCUT2D eigenvalue weighted by molar-refractivity contribution is 9.10. The van der Waals surface area contributed by atoms with E-state index in [4.69, 9.17) is 0 Å². The van der Waals surface area contributed by atoms with Crippen LogP contribution in [0.1, 0.15) is 22.8 Å². The lowest BCUT2D eigenvalue weighted by atomic mass is 10.1. The van der Waals surface area contributed by atoms with Crippen molar-refractivity contribution in [1.29, 1.82) is 0 Å². The Bertz CT molecular complexity index is 844. The van der Waals surface area contributed by atoms with E-state index < -0.39 is 0 Å². The summed E-state index contributed by atoms with van der Waals surface area (Å²) in [7, 11) is 3.41. The Balaban J connectivity index is 2.08. The summed E-state index contributed by atoms with van der Waals surface area (Å²) in [4.78, 5) is 39.6. The van der Waals surface area contributed by atoms with E-state index in [0.717, 1.165) is 10.0 Å². The molecule has 138 valence electrons. The van der Waals surface area contributed by atoms with E-state index in [1.165, 1.54) is 15.5 Å². The monoisotopic (exact) mass is 419 g/mol. The number of pyridine rings is 1. The zero-order valence-electron chi connectivity index (χ0n) is 15.1. The third-order valence-corrected chi connectivity index (χ3v) is 4.44. The van der Waals surface area contributed by atoms with Crippen LogP contribution in [-0.2, 0) is 17.9 Å². The van der Waals surface area contributed by atoms with Crippen molar-refractivity contribution >= 4 is 27.7 Å². The van der Waals surface area contributed by atoms with Gasteiger partial charge in [-0.05, 0) is 46.6 Å². The summed E-state index contributed by atoms with van der Waals surface area (Å²) < 4.78 is 2.13. The summed E-state index contributed by atoms with van der Waals surface area (Å²) >= 11 is 3.31. The van der Waals surface area contributed by atoms with Crippen LogP contribution in [0.25, 0.3) is 0 Å². The van der Waals surface area contributed by atoms with Crippen LogP contribution in [0.3, 0.4) is 0 Å². The summed E-state index contributed by atoms with van der Waals surface area (Å²) in [5, 5.41) is 0.